The molecule has 1 aliphatic heterocycles. The van der Waals surface area contributed by atoms with Crippen molar-refractivity contribution in [2.45, 2.75) is 12.6 Å². The zero-order valence-electron chi connectivity index (χ0n) is 15.8. The van der Waals surface area contributed by atoms with E-state index >= 15 is 0 Å². The summed E-state index contributed by atoms with van der Waals surface area (Å²) in [5, 5.41) is 12.5. The van der Waals surface area contributed by atoms with Gasteiger partial charge < -0.3 is 20.6 Å². The number of aromatic nitrogens is 1. The molecule has 1 aliphatic rings. The fraction of sp³-hybridized carbons (Fsp3) is 0.143. The number of carbonyl (C=O) groups is 1. The molecule has 0 bridgehead atoms. The Balaban J connectivity index is 1.92. The molecule has 0 spiro atoms. The number of hydrogen-bond acceptors (Lipinski definition) is 5. The van der Waals surface area contributed by atoms with Crippen LogP contribution in [0.25, 0.3) is 0 Å². The molecule has 1 atom stereocenters. The molecule has 30 heavy (non-hydrogen) atoms. The number of rotatable bonds is 3. The second-order valence-corrected chi connectivity index (χ2v) is 6.64. The van der Waals surface area contributed by atoms with Crippen molar-refractivity contribution < 1.29 is 23.4 Å². The molecule has 3 N–H and O–H groups in total. The number of ether oxygens (including phenoxy) is 1. The van der Waals surface area contributed by atoms with E-state index in [2.05, 4.69) is 10.7 Å². The number of nitrogens with one attached hydrogen (secondary N) is 2. The van der Waals surface area contributed by atoms with Crippen molar-refractivity contribution >= 4 is 5.91 Å². The number of amides is 1. The second kappa shape index (κ2) is 7.51. The van der Waals surface area contributed by atoms with Crippen LogP contribution in [0.3, 0.4) is 0 Å². The maximum absolute atomic E-state index is 14.5. The van der Waals surface area contributed by atoms with Gasteiger partial charge in [-0.1, -0.05) is 24.3 Å². The van der Waals surface area contributed by atoms with Crippen LogP contribution in [0.2, 0.25) is 0 Å². The number of fused-ring (bicyclic) bond motifs is 2. The maximum Gasteiger partial charge on any atom is 0.273 e. The average molecular weight is 413 g/mol. The molecule has 2 aromatic carbocycles. The third-order valence-electron chi connectivity index (χ3n) is 4.93. The summed E-state index contributed by atoms with van der Waals surface area (Å²) in [5.74, 6) is -3.04. The van der Waals surface area contributed by atoms with E-state index in [-0.39, 0.29) is 17.9 Å². The number of aromatic hydroxyl groups is 1. The summed E-state index contributed by atoms with van der Waals surface area (Å²) in [6.45, 7) is -0.189. The smallest absolute Gasteiger partial charge is 0.273 e. The van der Waals surface area contributed by atoms with Gasteiger partial charge in [0.15, 0.2) is 23.1 Å². The Morgan fingerprint density at radius 2 is 1.93 bits per heavy atom. The van der Waals surface area contributed by atoms with E-state index in [9.17, 15) is 23.5 Å². The minimum Gasteiger partial charge on any atom is -0.502 e. The van der Waals surface area contributed by atoms with Crippen molar-refractivity contribution in [2.24, 2.45) is 0 Å². The van der Waals surface area contributed by atoms with Crippen molar-refractivity contribution in [2.75, 3.05) is 12.5 Å². The van der Waals surface area contributed by atoms with Crippen LogP contribution in [0.4, 0.5) is 8.78 Å². The fourth-order valence-corrected chi connectivity index (χ4v) is 3.44. The molecule has 9 heteroatoms. The Labute approximate surface area is 169 Å². The van der Waals surface area contributed by atoms with Gasteiger partial charge in [0.2, 0.25) is 5.43 Å². The predicted octanol–water partition coefficient (Wildman–Crippen LogP) is 2.42. The van der Waals surface area contributed by atoms with Gasteiger partial charge in [-0.2, -0.15) is 0 Å². The molecule has 7 nitrogen and oxygen atoms in total. The lowest BCUT2D eigenvalue weighted by atomic mass is 9.95. The third kappa shape index (κ3) is 3.14. The second-order valence-electron chi connectivity index (χ2n) is 6.64. The fourth-order valence-electron chi connectivity index (χ4n) is 3.44. The Kier molecular flexibility index (Phi) is 4.86. The highest BCUT2D eigenvalue weighted by Crippen LogP contribution is 2.37. The lowest BCUT2D eigenvalue weighted by Gasteiger charge is -2.25. The quantitative estimate of drug-likeness (QED) is 0.613. The molecule has 0 saturated heterocycles. The van der Waals surface area contributed by atoms with E-state index in [4.69, 9.17) is 4.74 Å². The lowest BCUT2D eigenvalue weighted by Crippen LogP contribution is -2.32. The molecule has 2 heterocycles. The molecule has 1 amide bonds. The highest BCUT2D eigenvalue weighted by Gasteiger charge is 2.29. The standard InChI is InChI=1S/C21H17F2N3O4/c1-24-21(29)19-20(28)15(27)8-9-26(19)25-18-11-6-7-14(22)17(23)13(11)10-30-16-5-3-2-4-12(16)18/h2-9,18,25,28H,10H2,1H3,(H,24,29). The first-order valence-corrected chi connectivity index (χ1v) is 9.04. The van der Waals surface area contributed by atoms with E-state index in [1.807, 2.05) is 0 Å². The summed E-state index contributed by atoms with van der Waals surface area (Å²) in [4.78, 5) is 24.2. The first kappa shape index (κ1) is 19.4. The van der Waals surface area contributed by atoms with Crippen LogP contribution in [0, 0.1) is 11.6 Å². The molecule has 0 fully saturated rings. The number of halogens is 2. The Morgan fingerprint density at radius 3 is 2.70 bits per heavy atom. The average Bonchev–Trinajstić information content (AvgIpc) is 2.90. The minimum absolute atomic E-state index is 0.0236. The summed E-state index contributed by atoms with van der Waals surface area (Å²) < 4.78 is 35.3. The summed E-state index contributed by atoms with van der Waals surface area (Å²) in [5.41, 5.74) is 2.98. The van der Waals surface area contributed by atoms with Gasteiger partial charge in [0.1, 0.15) is 12.4 Å². The van der Waals surface area contributed by atoms with Crippen LogP contribution in [0.1, 0.15) is 33.2 Å². The molecule has 1 unspecified atom stereocenters. The van der Waals surface area contributed by atoms with E-state index in [0.29, 0.717) is 16.9 Å². The summed E-state index contributed by atoms with van der Waals surface area (Å²) >= 11 is 0. The first-order chi connectivity index (χ1) is 14.4. The third-order valence-corrected chi connectivity index (χ3v) is 4.93. The van der Waals surface area contributed by atoms with Crippen LogP contribution in [-0.2, 0) is 6.61 Å². The maximum atomic E-state index is 14.5. The summed E-state index contributed by atoms with van der Waals surface area (Å²) in [6, 6.07) is 9.67. The molecular formula is C21H17F2N3O4. The van der Waals surface area contributed by atoms with E-state index in [1.54, 1.807) is 24.3 Å². The molecule has 4 rings (SSSR count). The summed E-state index contributed by atoms with van der Waals surface area (Å²) in [6.07, 6.45) is 1.28. The van der Waals surface area contributed by atoms with E-state index in [1.165, 1.54) is 24.0 Å². The lowest BCUT2D eigenvalue weighted by molar-refractivity contribution is 0.0951. The van der Waals surface area contributed by atoms with E-state index in [0.717, 1.165) is 12.1 Å². The molecule has 3 aromatic rings. The Morgan fingerprint density at radius 1 is 1.17 bits per heavy atom. The molecule has 0 radical (unpaired) electrons. The molecule has 0 aliphatic carbocycles. The molecule has 1 aromatic heterocycles. The number of para-hydroxylation sites is 1. The highest BCUT2D eigenvalue weighted by atomic mass is 19.2. The van der Waals surface area contributed by atoms with Crippen molar-refractivity contribution in [1.29, 1.82) is 0 Å². The summed E-state index contributed by atoms with van der Waals surface area (Å²) in [7, 11) is 1.35. The zero-order valence-corrected chi connectivity index (χ0v) is 15.8. The number of benzene rings is 2. The highest BCUT2D eigenvalue weighted by molar-refractivity contribution is 5.95. The molecule has 0 saturated carbocycles. The first-order valence-electron chi connectivity index (χ1n) is 9.04. The van der Waals surface area contributed by atoms with Crippen molar-refractivity contribution in [3.05, 3.63) is 92.9 Å². The van der Waals surface area contributed by atoms with Crippen LogP contribution in [0.5, 0.6) is 11.5 Å². The van der Waals surface area contributed by atoms with Gasteiger partial charge in [-0.15, -0.1) is 0 Å². The van der Waals surface area contributed by atoms with Gasteiger partial charge in [0, 0.05) is 30.4 Å². The van der Waals surface area contributed by atoms with Crippen LogP contribution in [-0.4, -0.2) is 22.7 Å². The van der Waals surface area contributed by atoms with Crippen LogP contribution in [0.15, 0.2) is 53.5 Å². The number of hydrogen-bond donors (Lipinski definition) is 3. The molecule has 154 valence electrons. The number of pyridine rings is 1. The van der Waals surface area contributed by atoms with Gasteiger partial charge in [-0.05, 0) is 17.7 Å². The van der Waals surface area contributed by atoms with Gasteiger partial charge in [0.05, 0.1) is 6.04 Å². The van der Waals surface area contributed by atoms with Gasteiger partial charge in [0.25, 0.3) is 5.91 Å². The van der Waals surface area contributed by atoms with E-state index < -0.39 is 34.8 Å². The Bertz CT molecular complexity index is 1210. The topological polar surface area (TPSA) is 92.6 Å². The molecular weight excluding hydrogens is 396 g/mol. The van der Waals surface area contributed by atoms with Crippen LogP contribution < -0.4 is 20.9 Å². The van der Waals surface area contributed by atoms with Crippen molar-refractivity contribution in [3.63, 3.8) is 0 Å². The van der Waals surface area contributed by atoms with Crippen LogP contribution >= 0.6 is 0 Å². The SMILES string of the molecule is CNC(=O)c1c(O)c(=O)ccn1NC1c2ccccc2OCc2c1ccc(F)c2F. The zero-order chi connectivity index (χ0) is 21.4. The predicted molar refractivity (Wildman–Crippen MR) is 104 cm³/mol. The van der Waals surface area contributed by atoms with Crippen molar-refractivity contribution in [1.82, 2.24) is 9.99 Å². The number of carbonyl (C=O) groups excluding carboxylic acids is 1. The number of nitrogens with zero attached hydrogens (tertiary/aromatic N) is 1. The van der Waals surface area contributed by atoms with Gasteiger partial charge in [-0.25, -0.2) is 8.78 Å². The normalized spacial score (nSPS) is 14.7. The minimum atomic E-state index is -1.03. The van der Waals surface area contributed by atoms with Gasteiger partial charge in [-0.3, -0.25) is 14.3 Å². The van der Waals surface area contributed by atoms with Crippen molar-refractivity contribution in [3.8, 4) is 11.5 Å². The monoisotopic (exact) mass is 413 g/mol. The Hall–Kier alpha value is -3.88. The largest absolute Gasteiger partial charge is 0.502 e. The van der Waals surface area contributed by atoms with Gasteiger partial charge >= 0.3 is 0 Å².